The van der Waals surface area contributed by atoms with Gasteiger partial charge in [-0.05, 0) is 12.5 Å². The zero-order chi connectivity index (χ0) is 10.2. The van der Waals surface area contributed by atoms with Crippen molar-refractivity contribution < 1.29 is 4.74 Å². The third-order valence-corrected chi connectivity index (χ3v) is 2.76. The van der Waals surface area contributed by atoms with Gasteiger partial charge in [0.05, 0.1) is 13.2 Å². The first-order chi connectivity index (χ1) is 6.83. The zero-order valence-electron chi connectivity index (χ0n) is 8.37. The van der Waals surface area contributed by atoms with Crippen LogP contribution in [0.15, 0.2) is 42.0 Å². The molecule has 0 bridgehead atoms. The van der Waals surface area contributed by atoms with E-state index in [-0.39, 0.29) is 0 Å². The molecule has 1 rings (SSSR count). The summed E-state index contributed by atoms with van der Waals surface area (Å²) in [5.74, 6) is 0. The largest absolute Gasteiger partial charge is 0.373 e. The lowest BCUT2D eigenvalue weighted by molar-refractivity contribution is 0.148. The molecule has 0 saturated heterocycles. The molecule has 14 heavy (non-hydrogen) atoms. The second-order valence-corrected chi connectivity index (χ2v) is 3.75. The smallest absolute Gasteiger partial charge is 0.0721 e. The molecule has 1 aromatic rings. The van der Waals surface area contributed by atoms with Gasteiger partial charge in [0.1, 0.15) is 0 Å². The van der Waals surface area contributed by atoms with Gasteiger partial charge in [0.25, 0.3) is 0 Å². The molecule has 76 valence electrons. The van der Waals surface area contributed by atoms with E-state index in [0.717, 1.165) is 5.33 Å². The average Bonchev–Trinajstić information content (AvgIpc) is 2.25. The van der Waals surface area contributed by atoms with Crippen molar-refractivity contribution in [1.29, 1.82) is 0 Å². The monoisotopic (exact) mass is 254 g/mol. The minimum atomic E-state index is 0.687. The van der Waals surface area contributed by atoms with Gasteiger partial charge in [-0.3, -0.25) is 0 Å². The molecule has 2 heteroatoms. The molecule has 0 amide bonds. The third kappa shape index (κ3) is 4.58. The second kappa shape index (κ2) is 6.80. The van der Waals surface area contributed by atoms with Crippen LogP contribution in [0.1, 0.15) is 12.5 Å². The summed E-state index contributed by atoms with van der Waals surface area (Å²) in [6, 6.07) is 10.2. The van der Waals surface area contributed by atoms with Gasteiger partial charge in [0.2, 0.25) is 0 Å². The summed E-state index contributed by atoms with van der Waals surface area (Å²) in [5.41, 5.74) is 2.52. The molecule has 0 heterocycles. The van der Waals surface area contributed by atoms with Gasteiger partial charge in [-0.15, -0.1) is 0 Å². The molecule has 0 radical (unpaired) electrons. The zero-order valence-corrected chi connectivity index (χ0v) is 9.96. The van der Waals surface area contributed by atoms with Gasteiger partial charge in [-0.2, -0.15) is 0 Å². The predicted octanol–water partition coefficient (Wildman–Crippen LogP) is 3.54. The van der Waals surface area contributed by atoms with Crippen LogP contribution in [-0.2, 0) is 11.3 Å². The molecule has 0 unspecified atom stereocenters. The van der Waals surface area contributed by atoms with Crippen molar-refractivity contribution in [3.8, 4) is 0 Å². The summed E-state index contributed by atoms with van der Waals surface area (Å²) >= 11 is 3.39. The average molecular weight is 255 g/mol. The Bertz CT molecular complexity index is 280. The quantitative estimate of drug-likeness (QED) is 0.444. The first kappa shape index (κ1) is 11.5. The molecule has 0 aliphatic heterocycles. The fraction of sp³-hybridized carbons (Fsp3) is 0.333. The van der Waals surface area contributed by atoms with Gasteiger partial charge in [0, 0.05) is 5.33 Å². The summed E-state index contributed by atoms with van der Waals surface area (Å²) in [5, 5.41) is 0.918. The summed E-state index contributed by atoms with van der Waals surface area (Å²) < 4.78 is 5.49. The van der Waals surface area contributed by atoms with Gasteiger partial charge in [-0.1, -0.05) is 57.9 Å². The molecular formula is C12H15BrO. The Morgan fingerprint density at radius 2 is 2.07 bits per heavy atom. The molecule has 0 N–H and O–H groups in total. The van der Waals surface area contributed by atoms with E-state index in [1.165, 1.54) is 11.1 Å². The van der Waals surface area contributed by atoms with Crippen molar-refractivity contribution in [2.24, 2.45) is 0 Å². The van der Waals surface area contributed by atoms with E-state index < -0.39 is 0 Å². The van der Waals surface area contributed by atoms with Crippen molar-refractivity contribution in [3.05, 3.63) is 47.5 Å². The highest BCUT2D eigenvalue weighted by molar-refractivity contribution is 9.09. The van der Waals surface area contributed by atoms with E-state index >= 15 is 0 Å². The molecule has 0 aromatic heterocycles. The van der Waals surface area contributed by atoms with Crippen LogP contribution in [0.4, 0.5) is 0 Å². The van der Waals surface area contributed by atoms with Crippen molar-refractivity contribution in [1.82, 2.24) is 0 Å². The van der Waals surface area contributed by atoms with Crippen LogP contribution in [0.2, 0.25) is 0 Å². The lowest BCUT2D eigenvalue weighted by atomic mass is 10.2. The van der Waals surface area contributed by atoms with E-state index in [2.05, 4.69) is 41.1 Å². The molecule has 0 aliphatic rings. The number of rotatable bonds is 5. The molecular weight excluding hydrogens is 240 g/mol. The number of ether oxygens (including phenoxy) is 1. The summed E-state index contributed by atoms with van der Waals surface area (Å²) in [4.78, 5) is 0. The number of benzene rings is 1. The van der Waals surface area contributed by atoms with E-state index in [0.29, 0.717) is 13.2 Å². The summed E-state index contributed by atoms with van der Waals surface area (Å²) in [7, 11) is 0. The van der Waals surface area contributed by atoms with Crippen LogP contribution >= 0.6 is 15.9 Å². The van der Waals surface area contributed by atoms with Gasteiger partial charge in [-0.25, -0.2) is 0 Å². The molecule has 0 atom stereocenters. The van der Waals surface area contributed by atoms with E-state index in [4.69, 9.17) is 4.74 Å². The first-order valence-electron chi connectivity index (χ1n) is 4.66. The van der Waals surface area contributed by atoms with Crippen LogP contribution in [0, 0.1) is 0 Å². The van der Waals surface area contributed by atoms with Gasteiger partial charge in [0.15, 0.2) is 0 Å². The Hall–Kier alpha value is -0.600. The number of alkyl halides is 1. The Morgan fingerprint density at radius 1 is 1.36 bits per heavy atom. The maximum Gasteiger partial charge on any atom is 0.0721 e. The molecule has 0 fully saturated rings. The lowest BCUT2D eigenvalue weighted by Crippen LogP contribution is -1.93. The van der Waals surface area contributed by atoms with E-state index in [9.17, 15) is 0 Å². The van der Waals surface area contributed by atoms with Gasteiger partial charge >= 0.3 is 0 Å². The van der Waals surface area contributed by atoms with E-state index in [1.54, 1.807) is 0 Å². The maximum atomic E-state index is 5.49. The van der Waals surface area contributed by atoms with Gasteiger partial charge < -0.3 is 4.74 Å². The highest BCUT2D eigenvalue weighted by Gasteiger charge is 1.90. The number of allylic oxidation sites excluding steroid dienone is 1. The van der Waals surface area contributed by atoms with Crippen molar-refractivity contribution in [3.63, 3.8) is 0 Å². The van der Waals surface area contributed by atoms with E-state index in [1.807, 2.05) is 18.2 Å². The van der Waals surface area contributed by atoms with Crippen LogP contribution in [0.25, 0.3) is 0 Å². The predicted molar refractivity (Wildman–Crippen MR) is 63.6 cm³/mol. The number of hydrogen-bond acceptors (Lipinski definition) is 1. The van der Waals surface area contributed by atoms with Crippen LogP contribution in [0.3, 0.4) is 0 Å². The van der Waals surface area contributed by atoms with Crippen molar-refractivity contribution in [2.45, 2.75) is 13.5 Å². The van der Waals surface area contributed by atoms with Crippen molar-refractivity contribution in [2.75, 3.05) is 11.9 Å². The van der Waals surface area contributed by atoms with Crippen LogP contribution in [0.5, 0.6) is 0 Å². The maximum absolute atomic E-state index is 5.49. The fourth-order valence-corrected chi connectivity index (χ4v) is 1.24. The molecule has 0 spiro atoms. The van der Waals surface area contributed by atoms with Crippen LogP contribution in [-0.4, -0.2) is 11.9 Å². The Morgan fingerprint density at radius 3 is 2.71 bits per heavy atom. The number of hydrogen-bond donors (Lipinski definition) is 0. The minimum absolute atomic E-state index is 0.687. The molecule has 1 nitrogen and oxygen atoms in total. The third-order valence-electron chi connectivity index (χ3n) is 1.87. The summed E-state index contributed by atoms with van der Waals surface area (Å²) in [6.07, 6.45) is 2.09. The minimum Gasteiger partial charge on any atom is -0.373 e. The Labute approximate surface area is 93.9 Å². The normalized spacial score (nSPS) is 11.7. The molecule has 0 aliphatic carbocycles. The van der Waals surface area contributed by atoms with Crippen LogP contribution < -0.4 is 0 Å². The fourth-order valence-electron chi connectivity index (χ4n) is 1.01. The number of halogens is 1. The summed E-state index contributed by atoms with van der Waals surface area (Å²) in [6.45, 7) is 3.46. The Balaban J connectivity index is 2.23. The first-order valence-corrected chi connectivity index (χ1v) is 5.78. The Kier molecular flexibility index (Phi) is 5.57. The lowest BCUT2D eigenvalue weighted by Gasteiger charge is -2.01. The molecule has 0 saturated carbocycles. The molecule has 1 aromatic carbocycles. The van der Waals surface area contributed by atoms with Crippen molar-refractivity contribution >= 4 is 15.9 Å². The standard InChI is InChI=1S/C12H15BrO/c1-11(9-13)7-8-14-10-12-5-3-2-4-6-12/h2-7H,8-10H2,1H3/b11-7+. The SMILES string of the molecule is C/C(=C\COCc1ccccc1)CBr. The topological polar surface area (TPSA) is 9.23 Å². The second-order valence-electron chi connectivity index (χ2n) is 3.18. The highest BCUT2D eigenvalue weighted by Crippen LogP contribution is 2.01. The highest BCUT2D eigenvalue weighted by atomic mass is 79.9.